The van der Waals surface area contributed by atoms with E-state index < -0.39 is 13.1 Å². The summed E-state index contributed by atoms with van der Waals surface area (Å²) in [5.74, 6) is -1.15. The number of hydrogen-bond acceptors (Lipinski definition) is 6. The molecular weight excluding hydrogens is 407 g/mol. The van der Waals surface area contributed by atoms with E-state index in [1.165, 1.54) is 0 Å². The number of hydrogen-bond donors (Lipinski definition) is 3. The SMILES string of the molecule is O=C(CCn1c(=O)sc2ccccc21)NC(Cc1csc2ccccc12)B(O)O. The average Bonchev–Trinajstić information content (AvgIpc) is 3.26. The number of benzene rings is 2. The molecule has 1 unspecified atom stereocenters. The number of rotatable bonds is 7. The molecule has 0 aliphatic heterocycles. The van der Waals surface area contributed by atoms with Crippen molar-refractivity contribution in [3.8, 4) is 0 Å². The van der Waals surface area contributed by atoms with Crippen molar-refractivity contribution >= 4 is 56.0 Å². The van der Waals surface area contributed by atoms with Crippen LogP contribution < -0.4 is 10.2 Å². The van der Waals surface area contributed by atoms with Crippen molar-refractivity contribution < 1.29 is 14.8 Å². The molecule has 0 radical (unpaired) electrons. The molecule has 6 nitrogen and oxygen atoms in total. The highest BCUT2D eigenvalue weighted by Crippen LogP contribution is 2.26. The third-order valence-electron chi connectivity index (χ3n) is 4.84. The zero-order valence-corrected chi connectivity index (χ0v) is 17.1. The van der Waals surface area contributed by atoms with Crippen molar-refractivity contribution in [3.05, 3.63) is 69.1 Å². The second kappa shape index (κ2) is 8.50. The number of nitrogens with zero attached hydrogens (tertiary/aromatic N) is 1. The number of para-hydroxylation sites is 1. The van der Waals surface area contributed by atoms with Crippen LogP contribution in [0.1, 0.15) is 12.0 Å². The summed E-state index contributed by atoms with van der Waals surface area (Å²) < 4.78 is 3.57. The fourth-order valence-electron chi connectivity index (χ4n) is 3.38. The Balaban J connectivity index is 1.44. The van der Waals surface area contributed by atoms with Crippen molar-refractivity contribution in [2.45, 2.75) is 25.3 Å². The van der Waals surface area contributed by atoms with E-state index in [-0.39, 0.29) is 23.7 Å². The maximum Gasteiger partial charge on any atom is 0.475 e. The second-order valence-electron chi connectivity index (χ2n) is 6.79. The maximum absolute atomic E-state index is 12.4. The molecule has 0 spiro atoms. The Kier molecular flexibility index (Phi) is 5.82. The van der Waals surface area contributed by atoms with Gasteiger partial charge in [-0.15, -0.1) is 11.3 Å². The Morgan fingerprint density at radius 3 is 2.62 bits per heavy atom. The normalized spacial score (nSPS) is 12.3. The summed E-state index contributed by atoms with van der Waals surface area (Å²) in [4.78, 5) is 24.5. The molecule has 9 heteroatoms. The van der Waals surface area contributed by atoms with Gasteiger partial charge in [0.25, 0.3) is 0 Å². The molecule has 0 aliphatic carbocycles. The lowest BCUT2D eigenvalue weighted by molar-refractivity contribution is -0.121. The van der Waals surface area contributed by atoms with Gasteiger partial charge < -0.3 is 15.4 Å². The van der Waals surface area contributed by atoms with E-state index in [0.29, 0.717) is 6.42 Å². The number of fused-ring (bicyclic) bond motifs is 2. The van der Waals surface area contributed by atoms with Crippen LogP contribution in [-0.4, -0.2) is 33.6 Å². The highest BCUT2D eigenvalue weighted by Gasteiger charge is 2.26. The Labute approximate surface area is 175 Å². The molecule has 2 aromatic carbocycles. The average molecular weight is 426 g/mol. The second-order valence-corrected chi connectivity index (χ2v) is 8.69. The smallest absolute Gasteiger partial charge is 0.426 e. The molecule has 0 bridgehead atoms. The minimum Gasteiger partial charge on any atom is -0.426 e. The van der Waals surface area contributed by atoms with Crippen LogP contribution in [0, 0.1) is 0 Å². The fraction of sp³-hybridized carbons (Fsp3) is 0.200. The minimum atomic E-state index is -1.68. The molecule has 0 saturated carbocycles. The topological polar surface area (TPSA) is 91.6 Å². The molecule has 2 heterocycles. The van der Waals surface area contributed by atoms with Crippen LogP contribution in [0.3, 0.4) is 0 Å². The predicted octanol–water partition coefficient (Wildman–Crippen LogP) is 2.41. The van der Waals surface area contributed by atoms with E-state index in [9.17, 15) is 19.6 Å². The van der Waals surface area contributed by atoms with Crippen molar-refractivity contribution in [1.82, 2.24) is 9.88 Å². The largest absolute Gasteiger partial charge is 0.475 e. The van der Waals surface area contributed by atoms with Crippen molar-refractivity contribution in [2.75, 3.05) is 0 Å². The van der Waals surface area contributed by atoms with Gasteiger partial charge in [-0.1, -0.05) is 41.7 Å². The molecule has 148 valence electrons. The molecule has 2 aromatic heterocycles. The van der Waals surface area contributed by atoms with Crippen LogP contribution in [0.5, 0.6) is 0 Å². The first-order valence-corrected chi connectivity index (χ1v) is 10.9. The van der Waals surface area contributed by atoms with Crippen LogP contribution in [0.2, 0.25) is 0 Å². The monoisotopic (exact) mass is 426 g/mol. The molecule has 4 rings (SSSR count). The summed E-state index contributed by atoms with van der Waals surface area (Å²) in [6.07, 6.45) is 0.392. The third kappa shape index (κ3) is 4.28. The van der Waals surface area contributed by atoms with Crippen molar-refractivity contribution in [1.29, 1.82) is 0 Å². The summed E-state index contributed by atoms with van der Waals surface area (Å²) in [5, 5.41) is 25.2. The van der Waals surface area contributed by atoms with Crippen LogP contribution in [-0.2, 0) is 17.8 Å². The highest BCUT2D eigenvalue weighted by molar-refractivity contribution is 7.17. The molecule has 0 aliphatic rings. The summed E-state index contributed by atoms with van der Waals surface area (Å²) in [7, 11) is -1.68. The first-order valence-electron chi connectivity index (χ1n) is 9.22. The van der Waals surface area contributed by atoms with Gasteiger partial charge in [-0.05, 0) is 40.9 Å². The molecule has 0 fully saturated rings. The zero-order chi connectivity index (χ0) is 20.4. The summed E-state index contributed by atoms with van der Waals surface area (Å²) >= 11 is 2.73. The Morgan fingerprint density at radius 1 is 1.10 bits per heavy atom. The maximum atomic E-state index is 12.4. The number of nitrogens with one attached hydrogen (secondary N) is 1. The number of thiophene rings is 1. The van der Waals surface area contributed by atoms with Gasteiger partial charge in [-0.2, -0.15) is 0 Å². The predicted molar refractivity (Wildman–Crippen MR) is 118 cm³/mol. The van der Waals surface area contributed by atoms with Crippen LogP contribution in [0.4, 0.5) is 0 Å². The lowest BCUT2D eigenvalue weighted by Gasteiger charge is -2.18. The van der Waals surface area contributed by atoms with E-state index in [2.05, 4.69) is 5.32 Å². The standard InChI is InChI=1S/C20H19BN2O4S2/c24-19(9-10-23-15-6-2-4-8-17(15)29-20(23)25)22-18(21(26)27)11-13-12-28-16-7-3-1-5-14(13)16/h1-8,12,18,26-27H,9-11H2,(H,22,24). The first-order chi connectivity index (χ1) is 14.0. The quantitative estimate of drug-likeness (QED) is 0.396. The molecule has 3 N–H and O–H groups in total. The van der Waals surface area contributed by atoms with Gasteiger partial charge in [-0.25, -0.2) is 0 Å². The molecule has 29 heavy (non-hydrogen) atoms. The van der Waals surface area contributed by atoms with Crippen molar-refractivity contribution in [3.63, 3.8) is 0 Å². The highest BCUT2D eigenvalue weighted by atomic mass is 32.1. The van der Waals surface area contributed by atoms with E-state index in [4.69, 9.17) is 0 Å². The molecule has 0 saturated heterocycles. The minimum absolute atomic E-state index is 0.0776. The van der Waals surface area contributed by atoms with Crippen LogP contribution in [0.25, 0.3) is 20.3 Å². The number of carbonyl (C=O) groups excluding carboxylic acids is 1. The van der Waals surface area contributed by atoms with Crippen LogP contribution >= 0.6 is 22.7 Å². The number of amides is 1. The summed E-state index contributed by atoms with van der Waals surface area (Å²) in [5.41, 5.74) is 1.77. The molecule has 4 aromatic rings. The fourth-order valence-corrected chi connectivity index (χ4v) is 5.27. The number of aromatic nitrogens is 1. The van der Waals surface area contributed by atoms with Gasteiger partial charge in [0.2, 0.25) is 5.91 Å². The first kappa shape index (κ1) is 19.8. The van der Waals surface area contributed by atoms with Gasteiger partial charge in [0.05, 0.1) is 16.2 Å². The molecule has 1 atom stereocenters. The van der Waals surface area contributed by atoms with E-state index in [1.807, 2.05) is 53.9 Å². The Bertz CT molecular complexity index is 1210. The number of carbonyl (C=O) groups is 1. The van der Waals surface area contributed by atoms with Gasteiger partial charge in [0.1, 0.15) is 0 Å². The third-order valence-corrected chi connectivity index (χ3v) is 6.82. The lowest BCUT2D eigenvalue weighted by Crippen LogP contribution is -2.48. The molecule has 1 amide bonds. The Hall–Kier alpha value is -2.46. The van der Waals surface area contributed by atoms with Gasteiger partial charge in [-0.3, -0.25) is 14.2 Å². The van der Waals surface area contributed by atoms with Crippen molar-refractivity contribution in [2.24, 2.45) is 0 Å². The van der Waals surface area contributed by atoms with E-state index in [0.717, 1.165) is 37.2 Å². The van der Waals surface area contributed by atoms with E-state index >= 15 is 0 Å². The van der Waals surface area contributed by atoms with E-state index in [1.54, 1.807) is 15.9 Å². The Morgan fingerprint density at radius 2 is 1.83 bits per heavy atom. The lowest BCUT2D eigenvalue weighted by atomic mass is 9.76. The summed E-state index contributed by atoms with van der Waals surface area (Å²) in [6.45, 7) is 0.240. The van der Waals surface area contributed by atoms with Crippen LogP contribution in [0.15, 0.2) is 58.7 Å². The number of aryl methyl sites for hydroxylation is 1. The molecular formula is C20H19BN2O4S2. The van der Waals surface area contributed by atoms with Gasteiger partial charge >= 0.3 is 12.0 Å². The number of thiazole rings is 1. The van der Waals surface area contributed by atoms with Gasteiger partial charge in [0.15, 0.2) is 0 Å². The summed E-state index contributed by atoms with van der Waals surface area (Å²) in [6, 6.07) is 15.3. The van der Waals surface area contributed by atoms with Gasteiger partial charge in [0, 0.05) is 17.7 Å². The zero-order valence-electron chi connectivity index (χ0n) is 15.4.